The molecule has 24 heavy (non-hydrogen) atoms. The molecule has 1 aliphatic rings. The second-order valence-corrected chi connectivity index (χ2v) is 5.43. The third-order valence-corrected chi connectivity index (χ3v) is 3.86. The Morgan fingerprint density at radius 2 is 1.71 bits per heavy atom. The molecule has 0 saturated heterocycles. The zero-order valence-electron chi connectivity index (χ0n) is 12.7. The third kappa shape index (κ3) is 2.50. The molecule has 3 rings (SSSR count). The molecule has 0 aromatic heterocycles. The predicted octanol–water partition coefficient (Wildman–Crippen LogP) is 2.03. The van der Waals surface area contributed by atoms with Crippen LogP contribution < -0.4 is 11.1 Å². The number of hydrogen-bond donors (Lipinski definition) is 2. The maximum atomic E-state index is 13.4. The van der Waals surface area contributed by atoms with Crippen molar-refractivity contribution in [1.29, 1.82) is 0 Å². The fraction of sp³-hybridized carbons (Fsp3) is 0.118. The standard InChI is InChI=1S/C17H14FN3O3/c1-9(15(22)20-10-6-7-14(19)13(18)8-10)21-16(23)11-4-2-3-5-12(11)17(21)24/h2-9H,19H2,1H3,(H,20,22). The van der Waals surface area contributed by atoms with E-state index in [9.17, 15) is 18.8 Å². The van der Waals surface area contributed by atoms with E-state index in [1.165, 1.54) is 31.2 Å². The summed E-state index contributed by atoms with van der Waals surface area (Å²) in [5, 5.41) is 2.47. The van der Waals surface area contributed by atoms with Crippen LogP contribution in [-0.2, 0) is 4.79 Å². The highest BCUT2D eigenvalue weighted by Crippen LogP contribution is 2.25. The largest absolute Gasteiger partial charge is 0.396 e. The molecule has 0 radical (unpaired) electrons. The molecule has 0 bridgehead atoms. The first kappa shape index (κ1) is 15.7. The van der Waals surface area contributed by atoms with Gasteiger partial charge in [-0.15, -0.1) is 0 Å². The molecule has 1 aliphatic heterocycles. The van der Waals surface area contributed by atoms with Crippen molar-refractivity contribution < 1.29 is 18.8 Å². The first-order valence-electron chi connectivity index (χ1n) is 7.23. The molecule has 2 aromatic carbocycles. The number of carbonyl (C=O) groups excluding carboxylic acids is 3. The average molecular weight is 327 g/mol. The van der Waals surface area contributed by atoms with Crippen LogP contribution in [0, 0.1) is 5.82 Å². The van der Waals surface area contributed by atoms with Crippen molar-refractivity contribution in [2.45, 2.75) is 13.0 Å². The smallest absolute Gasteiger partial charge is 0.262 e. The highest BCUT2D eigenvalue weighted by atomic mass is 19.1. The number of hydrogen-bond acceptors (Lipinski definition) is 4. The van der Waals surface area contributed by atoms with Gasteiger partial charge in [-0.25, -0.2) is 4.39 Å². The van der Waals surface area contributed by atoms with Crippen molar-refractivity contribution >= 4 is 29.1 Å². The number of halogens is 1. The lowest BCUT2D eigenvalue weighted by molar-refractivity contribution is -0.119. The highest BCUT2D eigenvalue weighted by molar-refractivity contribution is 6.23. The zero-order chi connectivity index (χ0) is 17.4. The first-order valence-corrected chi connectivity index (χ1v) is 7.23. The maximum absolute atomic E-state index is 13.4. The number of nitrogens with one attached hydrogen (secondary N) is 1. The van der Waals surface area contributed by atoms with Gasteiger partial charge in [0.15, 0.2) is 0 Å². The van der Waals surface area contributed by atoms with Gasteiger partial charge >= 0.3 is 0 Å². The molecule has 0 fully saturated rings. The minimum absolute atomic E-state index is 0.0404. The van der Waals surface area contributed by atoms with Gasteiger partial charge in [-0.1, -0.05) is 12.1 Å². The van der Waals surface area contributed by atoms with Crippen molar-refractivity contribution in [2.24, 2.45) is 0 Å². The average Bonchev–Trinajstić information content (AvgIpc) is 2.82. The quantitative estimate of drug-likeness (QED) is 0.666. The summed E-state index contributed by atoms with van der Waals surface area (Å²) in [6.07, 6.45) is 0. The van der Waals surface area contributed by atoms with Crippen LogP contribution in [0.4, 0.5) is 15.8 Å². The lowest BCUT2D eigenvalue weighted by Gasteiger charge is -2.21. The summed E-state index contributed by atoms with van der Waals surface area (Å²) in [7, 11) is 0. The van der Waals surface area contributed by atoms with E-state index in [2.05, 4.69) is 5.32 Å². The number of nitrogens with zero attached hydrogens (tertiary/aromatic N) is 1. The maximum Gasteiger partial charge on any atom is 0.262 e. The summed E-state index contributed by atoms with van der Waals surface area (Å²) < 4.78 is 13.4. The molecule has 1 heterocycles. The first-order chi connectivity index (χ1) is 11.4. The minimum atomic E-state index is -1.04. The molecule has 3 N–H and O–H groups in total. The van der Waals surface area contributed by atoms with Crippen LogP contribution in [0.25, 0.3) is 0 Å². The van der Waals surface area contributed by atoms with Gasteiger partial charge in [0.1, 0.15) is 11.9 Å². The van der Waals surface area contributed by atoms with Crippen molar-refractivity contribution in [1.82, 2.24) is 4.90 Å². The molecule has 0 spiro atoms. The Balaban J connectivity index is 1.80. The van der Waals surface area contributed by atoms with E-state index in [4.69, 9.17) is 5.73 Å². The van der Waals surface area contributed by atoms with Gasteiger partial charge in [-0.05, 0) is 37.3 Å². The van der Waals surface area contributed by atoms with Crippen molar-refractivity contribution in [3.8, 4) is 0 Å². The third-order valence-electron chi connectivity index (χ3n) is 3.86. The number of fused-ring (bicyclic) bond motifs is 1. The molecular formula is C17H14FN3O3. The molecule has 2 aromatic rings. The summed E-state index contributed by atoms with van der Waals surface area (Å²) in [5.41, 5.74) is 6.06. The Morgan fingerprint density at radius 1 is 1.12 bits per heavy atom. The summed E-state index contributed by atoms with van der Waals surface area (Å²) in [6, 6.07) is 9.15. The Labute approximate surface area is 137 Å². The number of nitrogens with two attached hydrogens (primary N) is 1. The summed E-state index contributed by atoms with van der Waals surface area (Å²) in [5.74, 6) is -2.32. The monoisotopic (exact) mass is 327 g/mol. The second kappa shape index (κ2) is 5.77. The minimum Gasteiger partial charge on any atom is -0.396 e. The van der Waals surface area contributed by atoms with Crippen LogP contribution in [-0.4, -0.2) is 28.7 Å². The molecule has 3 amide bonds. The lowest BCUT2D eigenvalue weighted by atomic mass is 10.1. The van der Waals surface area contributed by atoms with E-state index >= 15 is 0 Å². The number of carbonyl (C=O) groups is 3. The van der Waals surface area contributed by atoms with E-state index in [1.54, 1.807) is 12.1 Å². The predicted molar refractivity (Wildman–Crippen MR) is 85.8 cm³/mol. The zero-order valence-corrected chi connectivity index (χ0v) is 12.7. The van der Waals surface area contributed by atoms with Crippen molar-refractivity contribution in [3.05, 3.63) is 59.4 Å². The van der Waals surface area contributed by atoms with E-state index in [-0.39, 0.29) is 22.5 Å². The normalized spacial score (nSPS) is 14.5. The molecule has 0 aliphatic carbocycles. The van der Waals surface area contributed by atoms with Crippen LogP contribution in [0.2, 0.25) is 0 Å². The molecule has 6 nitrogen and oxygen atoms in total. The van der Waals surface area contributed by atoms with E-state index in [1.807, 2.05) is 0 Å². The Bertz CT molecular complexity index is 831. The van der Waals surface area contributed by atoms with E-state index in [0.717, 1.165) is 11.0 Å². The Hall–Kier alpha value is -3.22. The number of amides is 3. The van der Waals surface area contributed by atoms with Gasteiger partial charge in [-0.3, -0.25) is 19.3 Å². The van der Waals surface area contributed by atoms with Gasteiger partial charge in [-0.2, -0.15) is 0 Å². The molecule has 1 atom stereocenters. The van der Waals surface area contributed by atoms with Gasteiger partial charge in [0.2, 0.25) is 5.91 Å². The molecule has 0 saturated carbocycles. The van der Waals surface area contributed by atoms with Crippen LogP contribution in [0.3, 0.4) is 0 Å². The number of anilines is 2. The number of nitrogen functional groups attached to an aromatic ring is 1. The highest BCUT2D eigenvalue weighted by Gasteiger charge is 2.40. The van der Waals surface area contributed by atoms with E-state index < -0.39 is 29.6 Å². The second-order valence-electron chi connectivity index (χ2n) is 5.43. The molecule has 122 valence electrons. The van der Waals surface area contributed by atoms with Gasteiger partial charge < -0.3 is 11.1 Å². The van der Waals surface area contributed by atoms with E-state index in [0.29, 0.717) is 0 Å². The number of rotatable bonds is 3. The molecule has 7 heteroatoms. The van der Waals surface area contributed by atoms with Crippen LogP contribution >= 0.6 is 0 Å². The summed E-state index contributed by atoms with van der Waals surface area (Å²) in [6.45, 7) is 1.44. The SMILES string of the molecule is CC(C(=O)Nc1ccc(N)c(F)c1)N1C(=O)c2ccccc2C1=O. The lowest BCUT2D eigenvalue weighted by Crippen LogP contribution is -2.45. The van der Waals surface area contributed by atoms with Gasteiger partial charge in [0.05, 0.1) is 16.8 Å². The van der Waals surface area contributed by atoms with Crippen LogP contribution in [0.1, 0.15) is 27.6 Å². The Morgan fingerprint density at radius 3 is 2.25 bits per heavy atom. The van der Waals surface area contributed by atoms with Crippen LogP contribution in [0.15, 0.2) is 42.5 Å². The van der Waals surface area contributed by atoms with Gasteiger partial charge in [0, 0.05) is 5.69 Å². The van der Waals surface area contributed by atoms with Gasteiger partial charge in [0.25, 0.3) is 11.8 Å². The topological polar surface area (TPSA) is 92.5 Å². The summed E-state index contributed by atoms with van der Waals surface area (Å²) in [4.78, 5) is 37.9. The molecular weight excluding hydrogens is 313 g/mol. The Kier molecular flexibility index (Phi) is 3.76. The van der Waals surface area contributed by atoms with Crippen molar-refractivity contribution in [2.75, 3.05) is 11.1 Å². The molecule has 1 unspecified atom stereocenters. The van der Waals surface area contributed by atoms with Crippen LogP contribution in [0.5, 0.6) is 0 Å². The fourth-order valence-corrected chi connectivity index (χ4v) is 2.53. The number of benzene rings is 2. The van der Waals surface area contributed by atoms with Crippen molar-refractivity contribution in [3.63, 3.8) is 0 Å². The number of imide groups is 1. The summed E-state index contributed by atoms with van der Waals surface area (Å²) >= 11 is 0. The fourth-order valence-electron chi connectivity index (χ4n) is 2.53.